The molecule has 4 rings (SSSR count). The highest BCUT2D eigenvalue weighted by atomic mass is 32.2. The Balaban J connectivity index is 1.38. The fraction of sp³-hybridized carbons (Fsp3) is 0.292. The first-order valence-electron chi connectivity index (χ1n) is 11.0. The highest BCUT2D eigenvalue weighted by Crippen LogP contribution is 2.24. The summed E-state index contributed by atoms with van der Waals surface area (Å²) in [4.78, 5) is 13.8. The van der Waals surface area contributed by atoms with Crippen LogP contribution >= 0.6 is 0 Å². The zero-order valence-electron chi connectivity index (χ0n) is 19.1. The number of piperazine rings is 1. The van der Waals surface area contributed by atoms with E-state index in [0.717, 1.165) is 17.0 Å². The number of nitrogens with zero attached hydrogens (tertiary/aromatic N) is 4. The predicted molar refractivity (Wildman–Crippen MR) is 130 cm³/mol. The summed E-state index contributed by atoms with van der Waals surface area (Å²) in [5.74, 6) is 1.37. The number of sulfonamides is 1. The van der Waals surface area contributed by atoms with E-state index in [1.165, 1.54) is 16.4 Å². The molecule has 1 amide bonds. The Labute approximate surface area is 199 Å². The Morgan fingerprint density at radius 2 is 1.62 bits per heavy atom. The maximum absolute atomic E-state index is 13.1. The molecule has 2 heterocycles. The van der Waals surface area contributed by atoms with Gasteiger partial charge < -0.3 is 15.0 Å². The summed E-state index contributed by atoms with van der Waals surface area (Å²) in [6.07, 6.45) is 0.360. The summed E-state index contributed by atoms with van der Waals surface area (Å²) in [6, 6.07) is 17.7. The molecule has 0 spiro atoms. The van der Waals surface area contributed by atoms with Crippen molar-refractivity contribution in [2.45, 2.75) is 18.2 Å². The summed E-state index contributed by atoms with van der Waals surface area (Å²) in [7, 11) is -1.99. The van der Waals surface area contributed by atoms with Gasteiger partial charge in [-0.2, -0.15) is 4.31 Å². The van der Waals surface area contributed by atoms with Crippen LogP contribution in [-0.4, -0.2) is 62.1 Å². The van der Waals surface area contributed by atoms with Gasteiger partial charge in [0, 0.05) is 43.9 Å². The molecule has 1 aliphatic rings. The van der Waals surface area contributed by atoms with E-state index < -0.39 is 10.0 Å². The van der Waals surface area contributed by atoms with Gasteiger partial charge in [0.05, 0.1) is 17.7 Å². The smallest absolute Gasteiger partial charge is 0.243 e. The second-order valence-electron chi connectivity index (χ2n) is 7.82. The average molecular weight is 482 g/mol. The SMILES string of the molecule is CCC(=O)Nc1ccc(S(=O)(=O)N2CCN(c3ccc(-c4ccc(OC)cc4)nn3)CC2)cc1. The van der Waals surface area contributed by atoms with Crippen molar-refractivity contribution in [3.63, 3.8) is 0 Å². The van der Waals surface area contributed by atoms with Gasteiger partial charge in [-0.3, -0.25) is 4.79 Å². The molecule has 34 heavy (non-hydrogen) atoms. The molecule has 2 aromatic carbocycles. The van der Waals surface area contributed by atoms with Crippen LogP contribution in [0.4, 0.5) is 11.5 Å². The molecule has 0 unspecified atom stereocenters. The van der Waals surface area contributed by atoms with Gasteiger partial charge in [-0.05, 0) is 60.7 Å². The number of rotatable bonds is 7. The number of amides is 1. The number of methoxy groups -OCH3 is 1. The van der Waals surface area contributed by atoms with Crippen LogP contribution in [0.25, 0.3) is 11.3 Å². The molecule has 0 radical (unpaired) electrons. The first kappa shape index (κ1) is 23.7. The average Bonchev–Trinajstić information content (AvgIpc) is 2.89. The molecule has 1 saturated heterocycles. The van der Waals surface area contributed by atoms with Crippen molar-refractivity contribution >= 4 is 27.4 Å². The van der Waals surface area contributed by atoms with Gasteiger partial charge in [0.15, 0.2) is 5.82 Å². The minimum atomic E-state index is -3.62. The molecule has 10 heteroatoms. The summed E-state index contributed by atoms with van der Waals surface area (Å²) in [5.41, 5.74) is 2.27. The van der Waals surface area contributed by atoms with Crippen molar-refractivity contribution in [1.82, 2.24) is 14.5 Å². The molecule has 0 saturated carbocycles. The van der Waals surface area contributed by atoms with Crippen molar-refractivity contribution in [2.75, 3.05) is 43.5 Å². The van der Waals surface area contributed by atoms with Crippen LogP contribution in [0.3, 0.4) is 0 Å². The number of aromatic nitrogens is 2. The Kier molecular flexibility index (Phi) is 7.09. The summed E-state index contributed by atoms with van der Waals surface area (Å²) >= 11 is 0. The predicted octanol–water partition coefficient (Wildman–Crippen LogP) is 3.01. The van der Waals surface area contributed by atoms with Crippen LogP contribution < -0.4 is 15.0 Å². The molecule has 1 aliphatic heterocycles. The number of hydrogen-bond acceptors (Lipinski definition) is 7. The van der Waals surface area contributed by atoms with Gasteiger partial charge in [-0.15, -0.1) is 10.2 Å². The third kappa shape index (κ3) is 5.18. The Morgan fingerprint density at radius 3 is 2.18 bits per heavy atom. The Morgan fingerprint density at radius 1 is 0.941 bits per heavy atom. The van der Waals surface area contributed by atoms with E-state index in [0.29, 0.717) is 44.1 Å². The van der Waals surface area contributed by atoms with Crippen LogP contribution in [-0.2, 0) is 14.8 Å². The topological polar surface area (TPSA) is 105 Å². The Hall–Kier alpha value is -3.50. The fourth-order valence-electron chi connectivity index (χ4n) is 3.68. The number of ether oxygens (including phenoxy) is 1. The molecule has 0 bridgehead atoms. The summed E-state index contributed by atoms with van der Waals surface area (Å²) < 4.78 is 32.8. The zero-order valence-corrected chi connectivity index (χ0v) is 20.0. The van der Waals surface area contributed by atoms with Crippen molar-refractivity contribution in [2.24, 2.45) is 0 Å². The molecule has 178 valence electrons. The Bertz CT molecular complexity index is 1220. The molecule has 3 aromatic rings. The fourth-order valence-corrected chi connectivity index (χ4v) is 5.10. The summed E-state index contributed by atoms with van der Waals surface area (Å²) in [5, 5.41) is 11.4. The van der Waals surface area contributed by atoms with Crippen LogP contribution in [0, 0.1) is 0 Å². The van der Waals surface area contributed by atoms with Crippen molar-refractivity contribution < 1.29 is 17.9 Å². The number of benzene rings is 2. The molecule has 0 aliphatic carbocycles. The van der Waals surface area contributed by atoms with Crippen molar-refractivity contribution in [3.8, 4) is 17.0 Å². The normalized spacial score (nSPS) is 14.6. The highest BCUT2D eigenvalue weighted by molar-refractivity contribution is 7.89. The maximum atomic E-state index is 13.1. The third-order valence-corrected chi connectivity index (χ3v) is 7.61. The third-order valence-electron chi connectivity index (χ3n) is 5.70. The molecule has 1 N–H and O–H groups in total. The number of nitrogens with one attached hydrogen (secondary N) is 1. The van der Waals surface area contributed by atoms with Gasteiger partial charge >= 0.3 is 0 Å². The van der Waals surface area contributed by atoms with Crippen LogP contribution in [0.2, 0.25) is 0 Å². The van der Waals surface area contributed by atoms with Crippen molar-refractivity contribution in [1.29, 1.82) is 0 Å². The number of carbonyl (C=O) groups excluding carboxylic acids is 1. The first-order chi connectivity index (χ1) is 16.4. The van der Waals surface area contributed by atoms with E-state index in [1.807, 2.05) is 41.3 Å². The maximum Gasteiger partial charge on any atom is 0.243 e. The van der Waals surface area contributed by atoms with Gasteiger partial charge in [0.25, 0.3) is 0 Å². The molecule has 1 fully saturated rings. The largest absolute Gasteiger partial charge is 0.497 e. The molecular weight excluding hydrogens is 454 g/mol. The first-order valence-corrected chi connectivity index (χ1v) is 12.5. The molecular formula is C24H27N5O4S. The van der Waals surface area contributed by atoms with E-state index in [4.69, 9.17) is 4.74 Å². The second-order valence-corrected chi connectivity index (χ2v) is 9.76. The highest BCUT2D eigenvalue weighted by Gasteiger charge is 2.29. The summed E-state index contributed by atoms with van der Waals surface area (Å²) in [6.45, 7) is 3.48. The standard InChI is InChI=1S/C24H27N5O4S/c1-3-24(30)25-19-6-10-21(11-7-19)34(31,32)29-16-14-28(15-17-29)23-13-12-22(26-27-23)18-4-8-20(33-2)9-5-18/h4-13H,3,14-17H2,1-2H3,(H,25,30). The van der Waals surface area contributed by atoms with Gasteiger partial charge in [0.1, 0.15) is 5.75 Å². The van der Waals surface area contributed by atoms with Gasteiger partial charge in [-0.1, -0.05) is 6.92 Å². The van der Waals surface area contributed by atoms with E-state index in [-0.39, 0.29) is 10.8 Å². The quantitative estimate of drug-likeness (QED) is 0.553. The number of anilines is 2. The minimum Gasteiger partial charge on any atom is -0.497 e. The molecule has 0 atom stereocenters. The van der Waals surface area contributed by atoms with E-state index in [2.05, 4.69) is 15.5 Å². The van der Waals surface area contributed by atoms with Crippen LogP contribution in [0.15, 0.2) is 65.6 Å². The minimum absolute atomic E-state index is 0.119. The van der Waals surface area contributed by atoms with E-state index in [1.54, 1.807) is 26.2 Å². The van der Waals surface area contributed by atoms with Crippen LogP contribution in [0.1, 0.15) is 13.3 Å². The van der Waals surface area contributed by atoms with E-state index in [9.17, 15) is 13.2 Å². The lowest BCUT2D eigenvalue weighted by Gasteiger charge is -2.34. The lowest BCUT2D eigenvalue weighted by molar-refractivity contribution is -0.115. The van der Waals surface area contributed by atoms with Crippen molar-refractivity contribution in [3.05, 3.63) is 60.7 Å². The van der Waals surface area contributed by atoms with Gasteiger partial charge in [0.2, 0.25) is 15.9 Å². The second kappa shape index (κ2) is 10.2. The molecule has 1 aromatic heterocycles. The monoisotopic (exact) mass is 481 g/mol. The van der Waals surface area contributed by atoms with E-state index >= 15 is 0 Å². The lowest BCUT2D eigenvalue weighted by Crippen LogP contribution is -2.49. The number of carbonyl (C=O) groups is 1. The van der Waals surface area contributed by atoms with Crippen LogP contribution in [0.5, 0.6) is 5.75 Å². The lowest BCUT2D eigenvalue weighted by atomic mass is 10.1. The van der Waals surface area contributed by atoms with Gasteiger partial charge in [-0.25, -0.2) is 8.42 Å². The zero-order chi connectivity index (χ0) is 24.1. The number of hydrogen-bond donors (Lipinski definition) is 1. The molecule has 9 nitrogen and oxygen atoms in total.